The molecule has 3 aromatic carbocycles. The first-order valence-corrected chi connectivity index (χ1v) is 11.8. The van der Waals surface area contributed by atoms with Crippen molar-refractivity contribution in [3.63, 3.8) is 0 Å². The van der Waals surface area contributed by atoms with Crippen LogP contribution in [0.3, 0.4) is 0 Å². The highest BCUT2D eigenvalue weighted by Gasteiger charge is 1.96. The maximum Gasteiger partial charge on any atom is 0.186 e. The molecule has 0 fully saturated rings. The zero-order valence-corrected chi connectivity index (χ0v) is 20.4. The molecular weight excluding hydrogens is 460 g/mol. The van der Waals surface area contributed by atoms with E-state index in [1.165, 1.54) is 11.1 Å². The molecule has 0 spiro atoms. The number of hydrogen-bond acceptors (Lipinski definition) is 4. The van der Waals surface area contributed by atoms with Crippen molar-refractivity contribution >= 4 is 47.1 Å². The van der Waals surface area contributed by atoms with E-state index < -0.39 is 0 Å². The van der Waals surface area contributed by atoms with Crippen molar-refractivity contribution < 1.29 is 0 Å². The molecule has 174 valence electrons. The lowest BCUT2D eigenvalue weighted by atomic mass is 10.1. The Morgan fingerprint density at radius 2 is 0.971 bits per heavy atom. The second-order valence-electron chi connectivity index (χ2n) is 7.39. The zero-order chi connectivity index (χ0) is 23.8. The molecule has 0 saturated carbocycles. The van der Waals surface area contributed by atoms with Gasteiger partial charge in [0.05, 0.1) is 12.4 Å². The Morgan fingerprint density at radius 1 is 0.588 bits per heavy atom. The summed E-state index contributed by atoms with van der Waals surface area (Å²) >= 11 is 10.5. The van der Waals surface area contributed by atoms with Gasteiger partial charge < -0.3 is 10.6 Å². The molecule has 8 heteroatoms. The van der Waals surface area contributed by atoms with Crippen molar-refractivity contribution in [2.75, 3.05) is 13.1 Å². The number of thiocarbonyl (C=S) groups is 2. The molecule has 34 heavy (non-hydrogen) atoms. The van der Waals surface area contributed by atoms with E-state index in [9.17, 15) is 0 Å². The lowest BCUT2D eigenvalue weighted by Crippen LogP contribution is -2.33. The van der Waals surface area contributed by atoms with Gasteiger partial charge in [-0.15, -0.1) is 0 Å². The molecule has 0 saturated heterocycles. The quantitative estimate of drug-likeness (QED) is 0.198. The van der Waals surface area contributed by atoms with E-state index in [0.717, 1.165) is 37.1 Å². The van der Waals surface area contributed by atoms with Gasteiger partial charge in [-0.25, -0.2) is 0 Å². The van der Waals surface area contributed by atoms with Crippen LogP contribution in [0.1, 0.15) is 22.3 Å². The van der Waals surface area contributed by atoms with Crippen molar-refractivity contribution in [1.29, 1.82) is 0 Å². The average Bonchev–Trinajstić information content (AvgIpc) is 2.86. The van der Waals surface area contributed by atoms with Gasteiger partial charge in [0, 0.05) is 13.1 Å². The molecule has 0 amide bonds. The number of hydrogen-bond donors (Lipinski definition) is 4. The van der Waals surface area contributed by atoms with Crippen LogP contribution in [-0.2, 0) is 12.8 Å². The number of nitrogens with one attached hydrogen (secondary N) is 4. The van der Waals surface area contributed by atoms with Crippen LogP contribution in [0.4, 0.5) is 0 Å². The summed E-state index contributed by atoms with van der Waals surface area (Å²) in [4.78, 5) is 0. The first kappa shape index (κ1) is 25.0. The fourth-order valence-corrected chi connectivity index (χ4v) is 3.32. The van der Waals surface area contributed by atoms with Crippen molar-refractivity contribution in [3.8, 4) is 0 Å². The maximum absolute atomic E-state index is 5.25. The van der Waals surface area contributed by atoms with Crippen molar-refractivity contribution in [2.45, 2.75) is 12.8 Å². The third-order valence-corrected chi connectivity index (χ3v) is 5.25. The summed E-state index contributed by atoms with van der Waals surface area (Å²) in [5.74, 6) is 0. The summed E-state index contributed by atoms with van der Waals surface area (Å²) < 4.78 is 0. The highest BCUT2D eigenvalue weighted by atomic mass is 32.1. The van der Waals surface area contributed by atoms with E-state index in [1.807, 2.05) is 60.7 Å². The van der Waals surface area contributed by atoms with E-state index in [4.69, 9.17) is 24.4 Å². The summed E-state index contributed by atoms with van der Waals surface area (Å²) in [6.07, 6.45) is 5.24. The predicted octanol–water partition coefficient (Wildman–Crippen LogP) is 3.77. The second kappa shape index (κ2) is 14.5. The third-order valence-electron chi connectivity index (χ3n) is 4.78. The lowest BCUT2D eigenvalue weighted by molar-refractivity contribution is 0.838. The molecule has 3 rings (SSSR count). The normalized spacial score (nSPS) is 10.8. The first-order chi connectivity index (χ1) is 16.7. The first-order valence-electron chi connectivity index (χ1n) is 11.0. The van der Waals surface area contributed by atoms with Gasteiger partial charge in [-0.1, -0.05) is 84.9 Å². The Labute approximate surface area is 211 Å². The summed E-state index contributed by atoms with van der Waals surface area (Å²) in [7, 11) is 0. The standard InChI is InChI=1S/C26H28N6S2/c33-25(27-17-15-21-7-3-1-4-8-21)31-29-19-23-11-13-24(14-12-23)20-30-32-26(34)28-18-16-22-9-5-2-6-10-22/h1-14,19-20H,15-18H2,(H2,27,31,33)(H2,28,32,34)/b29-19-,30-20-. The van der Waals surface area contributed by atoms with Crippen LogP contribution in [0.25, 0.3) is 0 Å². The predicted molar refractivity (Wildman–Crippen MR) is 149 cm³/mol. The second-order valence-corrected chi connectivity index (χ2v) is 8.21. The van der Waals surface area contributed by atoms with Gasteiger partial charge in [-0.05, 0) is 59.5 Å². The van der Waals surface area contributed by atoms with Crippen LogP contribution in [0, 0.1) is 0 Å². The van der Waals surface area contributed by atoms with Gasteiger partial charge in [-0.2, -0.15) is 10.2 Å². The zero-order valence-electron chi connectivity index (χ0n) is 18.8. The van der Waals surface area contributed by atoms with Gasteiger partial charge in [0.15, 0.2) is 10.2 Å². The third kappa shape index (κ3) is 9.89. The van der Waals surface area contributed by atoms with Crippen LogP contribution in [0.15, 0.2) is 95.1 Å². The molecule has 0 atom stereocenters. The fourth-order valence-electron chi connectivity index (χ4n) is 3.01. The van der Waals surface area contributed by atoms with E-state index in [2.05, 4.69) is 56.0 Å². The lowest BCUT2D eigenvalue weighted by Gasteiger charge is -2.07. The van der Waals surface area contributed by atoms with Gasteiger partial charge >= 0.3 is 0 Å². The molecule has 0 bridgehead atoms. The number of rotatable bonds is 10. The molecule has 0 heterocycles. The Kier molecular flexibility index (Phi) is 10.7. The van der Waals surface area contributed by atoms with E-state index in [-0.39, 0.29) is 0 Å². The Balaban J connectivity index is 1.31. The van der Waals surface area contributed by atoms with Crippen molar-refractivity contribution in [1.82, 2.24) is 21.5 Å². The smallest absolute Gasteiger partial charge is 0.186 e. The van der Waals surface area contributed by atoms with Crippen LogP contribution in [0.5, 0.6) is 0 Å². The molecule has 0 aromatic heterocycles. The highest BCUT2D eigenvalue weighted by Crippen LogP contribution is 2.01. The topological polar surface area (TPSA) is 72.8 Å². The SMILES string of the molecule is S=C(NCCc1ccccc1)N/N=C\c1ccc(/C=N\NC(=S)NCCc2ccccc2)cc1. The Hall–Kier alpha value is -3.62. The Bertz CT molecular complexity index is 995. The van der Waals surface area contributed by atoms with Crippen LogP contribution >= 0.6 is 24.4 Å². The van der Waals surface area contributed by atoms with Gasteiger partial charge in [0.2, 0.25) is 0 Å². The van der Waals surface area contributed by atoms with Crippen molar-refractivity contribution in [2.24, 2.45) is 10.2 Å². The van der Waals surface area contributed by atoms with Crippen LogP contribution < -0.4 is 21.5 Å². The van der Waals surface area contributed by atoms with E-state index in [1.54, 1.807) is 12.4 Å². The molecule has 0 aliphatic carbocycles. The minimum Gasteiger partial charge on any atom is -0.361 e. The molecule has 0 unspecified atom stereocenters. The number of nitrogens with zero attached hydrogens (tertiary/aromatic N) is 2. The largest absolute Gasteiger partial charge is 0.361 e. The molecule has 0 aliphatic rings. The number of hydrazone groups is 2. The molecule has 6 nitrogen and oxygen atoms in total. The van der Waals surface area contributed by atoms with E-state index >= 15 is 0 Å². The monoisotopic (exact) mass is 488 g/mol. The average molecular weight is 489 g/mol. The highest BCUT2D eigenvalue weighted by molar-refractivity contribution is 7.80. The summed E-state index contributed by atoms with van der Waals surface area (Å²) in [5.41, 5.74) is 10.1. The molecule has 4 N–H and O–H groups in total. The maximum atomic E-state index is 5.25. The van der Waals surface area contributed by atoms with Crippen LogP contribution in [-0.4, -0.2) is 35.7 Å². The number of benzene rings is 3. The van der Waals surface area contributed by atoms with Gasteiger partial charge in [0.1, 0.15) is 0 Å². The molecule has 0 radical (unpaired) electrons. The summed E-state index contributed by atoms with van der Waals surface area (Å²) in [6.45, 7) is 1.50. The van der Waals surface area contributed by atoms with Crippen LogP contribution in [0.2, 0.25) is 0 Å². The minimum atomic E-state index is 0.496. The van der Waals surface area contributed by atoms with Gasteiger partial charge in [-0.3, -0.25) is 10.9 Å². The van der Waals surface area contributed by atoms with Gasteiger partial charge in [0.25, 0.3) is 0 Å². The molecule has 3 aromatic rings. The van der Waals surface area contributed by atoms with E-state index in [0.29, 0.717) is 10.2 Å². The van der Waals surface area contributed by atoms with Crippen molar-refractivity contribution in [3.05, 3.63) is 107 Å². The molecule has 0 aliphatic heterocycles. The summed E-state index contributed by atoms with van der Waals surface area (Å²) in [5, 5.41) is 15.6. The Morgan fingerprint density at radius 3 is 1.35 bits per heavy atom. The molecular formula is C26H28N6S2. The fraction of sp³-hybridized carbons (Fsp3) is 0.154. The minimum absolute atomic E-state index is 0.496. The summed E-state index contributed by atoms with van der Waals surface area (Å²) in [6, 6.07) is 28.3.